The van der Waals surface area contributed by atoms with E-state index in [-0.39, 0.29) is 17.9 Å². The van der Waals surface area contributed by atoms with Crippen LogP contribution < -0.4 is 11.1 Å². The molecule has 0 bridgehead atoms. The van der Waals surface area contributed by atoms with Gasteiger partial charge in [0.05, 0.1) is 5.92 Å². The molecular weight excluding hydrogens is 440 g/mol. The van der Waals surface area contributed by atoms with Crippen molar-refractivity contribution in [1.82, 2.24) is 15.1 Å². The van der Waals surface area contributed by atoms with Crippen molar-refractivity contribution in [2.45, 2.75) is 82.7 Å². The highest BCUT2D eigenvalue weighted by atomic mass is 16.6. The van der Waals surface area contributed by atoms with Gasteiger partial charge in [0.25, 0.3) is 0 Å². The van der Waals surface area contributed by atoms with Crippen LogP contribution in [0.4, 0.5) is 0 Å². The summed E-state index contributed by atoms with van der Waals surface area (Å²) >= 11 is 0. The monoisotopic (exact) mass is 482 g/mol. The Labute approximate surface area is 209 Å². The van der Waals surface area contributed by atoms with Crippen LogP contribution in [0.5, 0.6) is 0 Å². The van der Waals surface area contributed by atoms with Crippen molar-refractivity contribution >= 4 is 11.8 Å². The van der Waals surface area contributed by atoms with E-state index in [1.165, 1.54) is 25.7 Å². The number of hydrogen-bond acceptors (Lipinski definition) is 5. The fourth-order valence-electron chi connectivity index (χ4n) is 6.76. The summed E-state index contributed by atoms with van der Waals surface area (Å²) in [7, 11) is 0. The molecule has 1 aromatic rings. The van der Waals surface area contributed by atoms with E-state index < -0.39 is 11.9 Å². The molecule has 2 amide bonds. The molecule has 1 aromatic carbocycles. The average molecular weight is 483 g/mol. The molecule has 35 heavy (non-hydrogen) atoms. The first kappa shape index (κ1) is 24.7. The predicted octanol–water partition coefficient (Wildman–Crippen LogP) is 3.06. The number of amides is 2. The summed E-state index contributed by atoms with van der Waals surface area (Å²) in [6, 6.07) is 8.75. The highest BCUT2D eigenvalue weighted by Crippen LogP contribution is 2.42. The second-order valence-electron chi connectivity index (χ2n) is 11.3. The number of carbonyl (C=O) groups excluding carboxylic acids is 2. The molecule has 192 valence electrons. The van der Waals surface area contributed by atoms with Crippen LogP contribution in [0.25, 0.3) is 0 Å². The van der Waals surface area contributed by atoms with Gasteiger partial charge in [-0.2, -0.15) is 0 Å². The molecule has 3 N–H and O–H groups in total. The smallest absolute Gasteiger partial charge is 0.244 e. The van der Waals surface area contributed by atoms with Crippen LogP contribution in [-0.2, 0) is 14.3 Å². The summed E-state index contributed by atoms with van der Waals surface area (Å²) in [6.45, 7) is 6.32. The SMILES string of the molecule is CC1CCC(C2OC2N2CCN([C@@H]3CCCC[C@H]3C(=O)N[C@H](C(N)=O)c3ccccc3)CC2)CC1. The number of rotatable bonds is 7. The molecule has 0 spiro atoms. The lowest BCUT2D eigenvalue weighted by molar-refractivity contribution is -0.133. The number of carbonyl (C=O) groups is 2. The Bertz CT molecular complexity index is 864. The van der Waals surface area contributed by atoms with Crippen LogP contribution in [0.2, 0.25) is 0 Å². The van der Waals surface area contributed by atoms with Gasteiger partial charge in [-0.05, 0) is 43.1 Å². The molecular formula is C28H42N4O3. The summed E-state index contributed by atoms with van der Waals surface area (Å²) in [5.74, 6) is 0.955. The number of ether oxygens (including phenoxy) is 1. The zero-order valence-corrected chi connectivity index (χ0v) is 21.1. The van der Waals surface area contributed by atoms with E-state index in [1.54, 1.807) is 0 Å². The van der Waals surface area contributed by atoms with E-state index in [1.807, 2.05) is 30.3 Å². The zero-order valence-electron chi connectivity index (χ0n) is 21.1. The number of benzene rings is 1. The minimum Gasteiger partial charge on any atom is -0.368 e. The van der Waals surface area contributed by atoms with E-state index in [2.05, 4.69) is 22.0 Å². The summed E-state index contributed by atoms with van der Waals surface area (Å²) in [5, 5.41) is 2.98. The Morgan fingerprint density at radius 3 is 2.29 bits per heavy atom. The van der Waals surface area contributed by atoms with Crippen LogP contribution in [0, 0.1) is 17.8 Å². The predicted molar refractivity (Wildman–Crippen MR) is 135 cm³/mol. The van der Waals surface area contributed by atoms with Crippen LogP contribution in [-0.4, -0.2) is 66.2 Å². The van der Waals surface area contributed by atoms with Gasteiger partial charge < -0.3 is 15.8 Å². The lowest BCUT2D eigenvalue weighted by Gasteiger charge is -2.43. The van der Waals surface area contributed by atoms with Crippen molar-refractivity contribution in [1.29, 1.82) is 0 Å². The highest BCUT2D eigenvalue weighted by Gasteiger charge is 2.49. The first-order chi connectivity index (χ1) is 17.0. The van der Waals surface area contributed by atoms with Crippen LogP contribution >= 0.6 is 0 Å². The Hall–Kier alpha value is -1.96. The third-order valence-electron chi connectivity index (χ3n) is 8.97. The topological polar surface area (TPSA) is 91.2 Å². The van der Waals surface area contributed by atoms with E-state index >= 15 is 0 Å². The maximum absolute atomic E-state index is 13.4. The molecule has 2 aliphatic heterocycles. The third kappa shape index (κ3) is 5.73. The van der Waals surface area contributed by atoms with Crippen LogP contribution in [0.15, 0.2) is 30.3 Å². The van der Waals surface area contributed by atoms with Gasteiger partial charge in [-0.1, -0.05) is 62.9 Å². The number of piperazine rings is 1. The fraction of sp³-hybridized carbons (Fsp3) is 0.714. The summed E-state index contributed by atoms with van der Waals surface area (Å²) in [4.78, 5) is 30.6. The van der Waals surface area contributed by atoms with E-state index in [9.17, 15) is 9.59 Å². The fourth-order valence-corrected chi connectivity index (χ4v) is 6.76. The van der Waals surface area contributed by atoms with Crippen LogP contribution in [0.3, 0.4) is 0 Å². The van der Waals surface area contributed by atoms with Crippen molar-refractivity contribution in [3.8, 4) is 0 Å². The number of nitrogens with zero attached hydrogens (tertiary/aromatic N) is 2. The van der Waals surface area contributed by atoms with Crippen molar-refractivity contribution in [2.24, 2.45) is 23.5 Å². The lowest BCUT2D eigenvalue weighted by Crippen LogP contribution is -2.56. The second-order valence-corrected chi connectivity index (χ2v) is 11.3. The maximum atomic E-state index is 13.4. The number of primary amides is 1. The first-order valence-electron chi connectivity index (χ1n) is 13.8. The molecule has 7 nitrogen and oxygen atoms in total. The number of nitrogens with two attached hydrogens (primary N) is 1. The molecule has 2 heterocycles. The van der Waals surface area contributed by atoms with Gasteiger partial charge in [0.15, 0.2) is 0 Å². The van der Waals surface area contributed by atoms with E-state index in [0.717, 1.165) is 69.3 Å². The number of epoxide rings is 1. The molecule has 2 saturated heterocycles. The molecule has 5 atom stereocenters. The van der Waals surface area contributed by atoms with E-state index in [4.69, 9.17) is 10.5 Å². The minimum atomic E-state index is -0.783. The van der Waals surface area contributed by atoms with Gasteiger partial charge in [0, 0.05) is 32.2 Å². The quantitative estimate of drug-likeness (QED) is 0.583. The Balaban J connectivity index is 1.15. The van der Waals surface area contributed by atoms with Gasteiger partial charge in [0.1, 0.15) is 18.4 Å². The minimum absolute atomic E-state index is 0.0399. The second kappa shape index (κ2) is 11.0. The number of nitrogens with one attached hydrogen (secondary N) is 1. The molecule has 0 radical (unpaired) electrons. The molecule has 4 fully saturated rings. The van der Waals surface area contributed by atoms with Gasteiger partial charge >= 0.3 is 0 Å². The molecule has 0 aromatic heterocycles. The van der Waals surface area contributed by atoms with Crippen molar-refractivity contribution < 1.29 is 14.3 Å². The van der Waals surface area contributed by atoms with Gasteiger partial charge in [-0.25, -0.2) is 0 Å². The summed E-state index contributed by atoms with van der Waals surface area (Å²) < 4.78 is 6.18. The first-order valence-corrected chi connectivity index (χ1v) is 13.8. The summed E-state index contributed by atoms with van der Waals surface area (Å²) in [6.07, 6.45) is 10.2. The zero-order chi connectivity index (χ0) is 24.4. The average Bonchev–Trinajstić information content (AvgIpc) is 3.69. The Morgan fingerprint density at radius 2 is 1.60 bits per heavy atom. The van der Waals surface area contributed by atoms with Gasteiger partial charge in [-0.3, -0.25) is 19.4 Å². The largest absolute Gasteiger partial charge is 0.368 e. The standard InChI is InChI=1S/C28H42N4O3/c1-19-11-13-21(14-12-19)25-28(35-25)32-17-15-31(16-18-32)23-10-6-5-9-22(23)27(34)30-24(26(29)33)20-7-3-2-4-8-20/h2-4,7-8,19,21-25,28H,5-6,9-18H2,1H3,(H2,29,33)(H,30,34)/t19?,21?,22-,23-,24+,25?,28?/m1/s1. The third-order valence-corrected chi connectivity index (χ3v) is 8.97. The van der Waals surface area contributed by atoms with Gasteiger partial charge in [-0.15, -0.1) is 0 Å². The maximum Gasteiger partial charge on any atom is 0.244 e. The van der Waals surface area contributed by atoms with Crippen molar-refractivity contribution in [3.05, 3.63) is 35.9 Å². The van der Waals surface area contributed by atoms with E-state index in [0.29, 0.717) is 12.3 Å². The molecule has 4 aliphatic rings. The molecule has 2 unspecified atom stereocenters. The highest BCUT2D eigenvalue weighted by molar-refractivity contribution is 5.88. The molecule has 7 heteroatoms. The molecule has 5 rings (SSSR count). The normalized spacial score (nSPS) is 35.2. The Kier molecular flexibility index (Phi) is 7.75. The van der Waals surface area contributed by atoms with Crippen molar-refractivity contribution in [3.63, 3.8) is 0 Å². The number of hydrogen-bond donors (Lipinski definition) is 2. The van der Waals surface area contributed by atoms with Crippen LogP contribution in [0.1, 0.15) is 69.9 Å². The van der Waals surface area contributed by atoms with Gasteiger partial charge in [0.2, 0.25) is 11.8 Å². The molecule has 2 aliphatic carbocycles. The summed E-state index contributed by atoms with van der Waals surface area (Å²) in [5.41, 5.74) is 6.40. The Morgan fingerprint density at radius 1 is 0.943 bits per heavy atom. The van der Waals surface area contributed by atoms with Crippen molar-refractivity contribution in [2.75, 3.05) is 26.2 Å². The lowest BCUT2D eigenvalue weighted by atomic mass is 9.81. The molecule has 2 saturated carbocycles.